The second-order valence-electron chi connectivity index (χ2n) is 6.24. The highest BCUT2D eigenvalue weighted by Gasteiger charge is 2.71. The molecule has 2 N–H and O–H groups in total. The van der Waals surface area contributed by atoms with E-state index in [0.29, 0.717) is 10.8 Å². The van der Waals surface area contributed by atoms with Crippen LogP contribution >= 0.6 is 0 Å². The average Bonchev–Trinajstić information content (AvgIpc) is 2.79. The van der Waals surface area contributed by atoms with Gasteiger partial charge in [0, 0.05) is 5.92 Å². The van der Waals surface area contributed by atoms with E-state index < -0.39 is 0 Å². The van der Waals surface area contributed by atoms with Gasteiger partial charge in [-0.15, -0.1) is 0 Å². The lowest BCUT2D eigenvalue weighted by molar-refractivity contribution is -0.134. The number of amides is 1. The molecule has 4 unspecified atom stereocenters. The third kappa shape index (κ3) is 0.768. The van der Waals surface area contributed by atoms with E-state index in [2.05, 4.69) is 13.8 Å². The van der Waals surface area contributed by atoms with Crippen LogP contribution in [0, 0.1) is 28.6 Å². The predicted octanol–water partition coefficient (Wildman–Crippen LogP) is 1.93. The summed E-state index contributed by atoms with van der Waals surface area (Å²) in [6.45, 7) is 4.76. The summed E-state index contributed by atoms with van der Waals surface area (Å²) in [6.07, 6.45) is 5.03. The van der Waals surface area contributed by atoms with E-state index >= 15 is 0 Å². The lowest BCUT2D eigenvalue weighted by Gasteiger charge is -2.61. The van der Waals surface area contributed by atoms with Crippen LogP contribution in [0.2, 0.25) is 0 Å². The summed E-state index contributed by atoms with van der Waals surface area (Å²) in [5, 5.41) is 0. The van der Waals surface area contributed by atoms with Crippen molar-refractivity contribution < 1.29 is 4.79 Å². The van der Waals surface area contributed by atoms with Crippen molar-refractivity contribution in [2.45, 2.75) is 39.5 Å². The molecule has 0 radical (unpaired) electrons. The summed E-state index contributed by atoms with van der Waals surface area (Å²) < 4.78 is 0. The monoisotopic (exact) mass is 193 g/mol. The van der Waals surface area contributed by atoms with Gasteiger partial charge in [-0.3, -0.25) is 4.79 Å². The maximum Gasteiger partial charge on any atom is 0.221 e. The highest BCUT2D eigenvalue weighted by Crippen LogP contribution is 2.76. The highest BCUT2D eigenvalue weighted by atomic mass is 16.1. The fraction of sp³-hybridized carbons (Fsp3) is 0.917. The Morgan fingerprint density at radius 1 is 1.43 bits per heavy atom. The first kappa shape index (κ1) is 8.75. The Labute approximate surface area is 85.2 Å². The van der Waals surface area contributed by atoms with Crippen molar-refractivity contribution in [3.8, 4) is 0 Å². The molecule has 4 fully saturated rings. The molecule has 4 rings (SSSR count). The molecule has 0 aliphatic heterocycles. The number of carbonyl (C=O) groups is 1. The van der Waals surface area contributed by atoms with Crippen molar-refractivity contribution >= 4 is 5.91 Å². The quantitative estimate of drug-likeness (QED) is 0.679. The zero-order valence-electron chi connectivity index (χ0n) is 9.05. The molecule has 0 aromatic carbocycles. The molecule has 14 heavy (non-hydrogen) atoms. The maximum absolute atomic E-state index is 11.2. The highest BCUT2D eigenvalue weighted by molar-refractivity contribution is 5.81. The van der Waals surface area contributed by atoms with Crippen LogP contribution in [0.3, 0.4) is 0 Å². The average molecular weight is 193 g/mol. The van der Waals surface area contributed by atoms with Gasteiger partial charge < -0.3 is 5.73 Å². The van der Waals surface area contributed by atoms with Crippen LogP contribution in [0.5, 0.6) is 0 Å². The number of rotatable bonds is 1. The minimum absolute atomic E-state index is 0.0499. The van der Waals surface area contributed by atoms with E-state index in [1.807, 2.05) is 0 Å². The third-order valence-corrected chi connectivity index (χ3v) is 5.58. The molecule has 78 valence electrons. The Hall–Kier alpha value is -0.530. The van der Waals surface area contributed by atoms with Crippen LogP contribution in [-0.4, -0.2) is 5.91 Å². The van der Waals surface area contributed by atoms with Gasteiger partial charge in [-0.2, -0.15) is 0 Å². The minimum Gasteiger partial charge on any atom is -0.369 e. The maximum atomic E-state index is 11.2. The third-order valence-electron chi connectivity index (χ3n) is 5.58. The number of hydrogen-bond acceptors (Lipinski definition) is 1. The van der Waals surface area contributed by atoms with E-state index in [1.165, 1.54) is 19.3 Å². The fourth-order valence-electron chi connectivity index (χ4n) is 4.47. The summed E-state index contributed by atoms with van der Waals surface area (Å²) in [7, 11) is 0. The Kier molecular flexibility index (Phi) is 1.36. The van der Waals surface area contributed by atoms with Crippen molar-refractivity contribution in [2.24, 2.45) is 34.3 Å². The van der Waals surface area contributed by atoms with E-state index in [1.54, 1.807) is 0 Å². The van der Waals surface area contributed by atoms with Crippen molar-refractivity contribution in [1.82, 2.24) is 0 Å². The Balaban J connectivity index is 1.87. The summed E-state index contributed by atoms with van der Waals surface area (Å²) >= 11 is 0. The van der Waals surface area contributed by atoms with Gasteiger partial charge in [0.2, 0.25) is 5.91 Å². The van der Waals surface area contributed by atoms with Crippen LogP contribution < -0.4 is 5.73 Å². The standard InChI is InChI=1S/C12H19NO/c1-11(2)7-3-4-12(9(11)5-7)6-8(12)10(13)14/h7-9H,3-6H2,1-2H3,(H2,13,14). The van der Waals surface area contributed by atoms with E-state index in [4.69, 9.17) is 5.73 Å². The van der Waals surface area contributed by atoms with Gasteiger partial charge in [-0.25, -0.2) is 0 Å². The molecule has 4 aliphatic rings. The Bertz CT molecular complexity index is 307. The van der Waals surface area contributed by atoms with E-state index in [-0.39, 0.29) is 11.8 Å². The molecule has 4 atom stereocenters. The van der Waals surface area contributed by atoms with Crippen LogP contribution in [0.15, 0.2) is 0 Å². The molecule has 2 bridgehead atoms. The number of nitrogens with two attached hydrogens (primary N) is 1. The first-order valence-electron chi connectivity index (χ1n) is 5.78. The van der Waals surface area contributed by atoms with Gasteiger partial charge in [0.1, 0.15) is 0 Å². The molecule has 1 amide bonds. The van der Waals surface area contributed by atoms with Crippen molar-refractivity contribution in [3.05, 3.63) is 0 Å². The first-order chi connectivity index (χ1) is 6.48. The normalized spacial score (nSPS) is 52.6. The van der Waals surface area contributed by atoms with Crippen LogP contribution in [0.25, 0.3) is 0 Å². The van der Waals surface area contributed by atoms with Gasteiger partial charge >= 0.3 is 0 Å². The Morgan fingerprint density at radius 3 is 2.57 bits per heavy atom. The lowest BCUT2D eigenvalue weighted by atomic mass is 9.44. The summed E-state index contributed by atoms with van der Waals surface area (Å²) in [4.78, 5) is 11.2. The van der Waals surface area contributed by atoms with E-state index in [9.17, 15) is 4.79 Å². The second kappa shape index (κ2) is 2.17. The summed E-state index contributed by atoms with van der Waals surface area (Å²) in [5.41, 5.74) is 6.27. The zero-order valence-corrected chi connectivity index (χ0v) is 9.05. The summed E-state index contributed by atoms with van der Waals surface area (Å²) in [6, 6.07) is 0. The predicted molar refractivity (Wildman–Crippen MR) is 54.3 cm³/mol. The molecule has 0 heterocycles. The number of carbonyl (C=O) groups excluding carboxylic acids is 1. The number of fused-ring (bicyclic) bond motifs is 1. The minimum atomic E-state index is -0.0499. The molecule has 0 aromatic heterocycles. The van der Waals surface area contributed by atoms with Crippen molar-refractivity contribution in [1.29, 1.82) is 0 Å². The SMILES string of the molecule is CC1(C)C2CCC3(CC3C(N)=O)C1C2. The molecule has 2 heteroatoms. The molecule has 0 aromatic rings. The molecule has 1 spiro atoms. The van der Waals surface area contributed by atoms with Crippen LogP contribution in [0.4, 0.5) is 0 Å². The van der Waals surface area contributed by atoms with Crippen molar-refractivity contribution in [2.75, 3.05) is 0 Å². The van der Waals surface area contributed by atoms with Crippen LogP contribution in [0.1, 0.15) is 39.5 Å². The molecular weight excluding hydrogens is 174 g/mol. The Morgan fingerprint density at radius 2 is 2.14 bits per heavy atom. The van der Waals surface area contributed by atoms with Gasteiger partial charge in [0.15, 0.2) is 0 Å². The fourth-order valence-corrected chi connectivity index (χ4v) is 4.47. The van der Waals surface area contributed by atoms with E-state index in [0.717, 1.165) is 18.3 Å². The molecular formula is C12H19NO. The van der Waals surface area contributed by atoms with Gasteiger partial charge in [0.25, 0.3) is 0 Å². The first-order valence-corrected chi connectivity index (χ1v) is 5.78. The van der Waals surface area contributed by atoms with Gasteiger partial charge in [-0.1, -0.05) is 13.8 Å². The lowest BCUT2D eigenvalue weighted by Crippen LogP contribution is -2.54. The molecule has 4 aliphatic carbocycles. The summed E-state index contributed by atoms with van der Waals surface area (Å²) in [5.74, 6) is 1.87. The smallest absolute Gasteiger partial charge is 0.221 e. The molecule has 2 nitrogen and oxygen atoms in total. The van der Waals surface area contributed by atoms with Crippen molar-refractivity contribution in [3.63, 3.8) is 0 Å². The van der Waals surface area contributed by atoms with Gasteiger partial charge in [0.05, 0.1) is 0 Å². The second-order valence-corrected chi connectivity index (χ2v) is 6.24. The largest absolute Gasteiger partial charge is 0.369 e. The molecule has 0 saturated heterocycles. The number of hydrogen-bond donors (Lipinski definition) is 1. The van der Waals surface area contributed by atoms with Crippen LogP contribution in [-0.2, 0) is 4.79 Å². The topological polar surface area (TPSA) is 43.1 Å². The number of primary amides is 1. The van der Waals surface area contributed by atoms with Gasteiger partial charge in [-0.05, 0) is 48.3 Å². The zero-order chi connectivity index (χ0) is 10.1. The molecule has 4 saturated carbocycles.